The van der Waals surface area contributed by atoms with Crippen molar-refractivity contribution in [3.05, 3.63) is 29.3 Å². The van der Waals surface area contributed by atoms with E-state index in [9.17, 15) is 9.59 Å². The van der Waals surface area contributed by atoms with Crippen molar-refractivity contribution in [1.82, 2.24) is 5.32 Å². The largest absolute Gasteiger partial charge is 0.481 e. The van der Waals surface area contributed by atoms with Gasteiger partial charge in [0.15, 0.2) is 0 Å². The Morgan fingerprint density at radius 2 is 2.17 bits per heavy atom. The van der Waals surface area contributed by atoms with Gasteiger partial charge in [-0.3, -0.25) is 9.59 Å². The van der Waals surface area contributed by atoms with Crippen LogP contribution in [0.15, 0.2) is 24.3 Å². The molecule has 5 nitrogen and oxygen atoms in total. The van der Waals surface area contributed by atoms with Crippen molar-refractivity contribution >= 4 is 29.2 Å². The topological polar surface area (TPSA) is 69.6 Å². The molecule has 1 aliphatic rings. The smallest absolute Gasteiger partial charge is 0.310 e. The molecule has 1 aliphatic heterocycles. The van der Waals surface area contributed by atoms with Gasteiger partial charge >= 0.3 is 5.97 Å². The van der Waals surface area contributed by atoms with Gasteiger partial charge in [0, 0.05) is 13.1 Å². The molecular formula is C12H13ClN2O3. The van der Waals surface area contributed by atoms with E-state index in [0.29, 0.717) is 10.7 Å². The van der Waals surface area contributed by atoms with E-state index in [1.54, 1.807) is 29.2 Å². The first-order chi connectivity index (χ1) is 8.58. The molecule has 0 aliphatic carbocycles. The average Bonchev–Trinajstić information content (AvgIpc) is 2.52. The Kier molecular flexibility index (Phi) is 3.72. The number of hydrogen-bond donors (Lipinski definition) is 2. The third-order valence-corrected chi connectivity index (χ3v) is 3.18. The van der Waals surface area contributed by atoms with Crippen LogP contribution in [-0.2, 0) is 9.59 Å². The zero-order valence-electron chi connectivity index (χ0n) is 9.60. The first-order valence-corrected chi connectivity index (χ1v) is 5.94. The number of benzene rings is 1. The van der Waals surface area contributed by atoms with Crippen molar-refractivity contribution in [2.75, 3.05) is 24.5 Å². The van der Waals surface area contributed by atoms with Gasteiger partial charge < -0.3 is 15.3 Å². The van der Waals surface area contributed by atoms with Gasteiger partial charge in [-0.1, -0.05) is 23.7 Å². The van der Waals surface area contributed by atoms with E-state index in [0.717, 1.165) is 0 Å². The van der Waals surface area contributed by atoms with Crippen LogP contribution in [0.3, 0.4) is 0 Å². The van der Waals surface area contributed by atoms with Gasteiger partial charge in [0.1, 0.15) is 0 Å². The first kappa shape index (κ1) is 12.7. The summed E-state index contributed by atoms with van der Waals surface area (Å²) >= 11 is 6.07. The second-order valence-corrected chi connectivity index (χ2v) is 4.58. The van der Waals surface area contributed by atoms with Crippen molar-refractivity contribution in [3.63, 3.8) is 0 Å². The summed E-state index contributed by atoms with van der Waals surface area (Å²) in [5.41, 5.74) is 0.683. The molecule has 18 heavy (non-hydrogen) atoms. The average molecular weight is 269 g/mol. The number of hydrogen-bond acceptors (Lipinski definition) is 3. The number of carboxylic acid groups (broad SMARTS) is 1. The highest BCUT2D eigenvalue weighted by Gasteiger charge is 2.27. The van der Waals surface area contributed by atoms with Gasteiger partial charge in [-0.2, -0.15) is 0 Å². The summed E-state index contributed by atoms with van der Waals surface area (Å²) in [6.07, 6.45) is 0. The lowest BCUT2D eigenvalue weighted by molar-refractivity contribution is -0.141. The Morgan fingerprint density at radius 3 is 2.83 bits per heavy atom. The lowest BCUT2D eigenvalue weighted by Gasteiger charge is -2.24. The summed E-state index contributed by atoms with van der Waals surface area (Å²) < 4.78 is 0. The normalized spacial score (nSPS) is 20.2. The predicted molar refractivity (Wildman–Crippen MR) is 67.8 cm³/mol. The van der Waals surface area contributed by atoms with Crippen LogP contribution in [0, 0.1) is 5.92 Å². The van der Waals surface area contributed by atoms with E-state index in [1.807, 2.05) is 0 Å². The van der Waals surface area contributed by atoms with E-state index in [-0.39, 0.29) is 25.5 Å². The fraction of sp³-hybridized carbons (Fsp3) is 0.333. The van der Waals surface area contributed by atoms with Crippen molar-refractivity contribution in [1.29, 1.82) is 0 Å². The molecule has 1 aromatic rings. The van der Waals surface area contributed by atoms with E-state index >= 15 is 0 Å². The number of rotatable bonds is 2. The minimum atomic E-state index is -0.922. The highest BCUT2D eigenvalue weighted by molar-refractivity contribution is 6.33. The lowest BCUT2D eigenvalue weighted by Crippen LogP contribution is -2.34. The number of anilines is 1. The van der Waals surface area contributed by atoms with Crippen LogP contribution in [0.5, 0.6) is 0 Å². The van der Waals surface area contributed by atoms with Gasteiger partial charge in [-0.05, 0) is 12.1 Å². The van der Waals surface area contributed by atoms with Gasteiger partial charge in [-0.25, -0.2) is 0 Å². The Hall–Kier alpha value is -1.75. The maximum atomic E-state index is 11.6. The molecule has 1 heterocycles. The fourth-order valence-electron chi connectivity index (χ4n) is 1.92. The Bertz CT molecular complexity index is 478. The van der Waals surface area contributed by atoms with E-state index in [2.05, 4.69) is 5.32 Å². The molecule has 1 amide bonds. The van der Waals surface area contributed by atoms with Crippen molar-refractivity contribution < 1.29 is 14.7 Å². The number of aliphatic carboxylic acids is 1. The van der Waals surface area contributed by atoms with Crippen LogP contribution in [0.4, 0.5) is 5.69 Å². The molecule has 0 aromatic heterocycles. The fourth-order valence-corrected chi connectivity index (χ4v) is 2.17. The molecular weight excluding hydrogens is 256 g/mol. The molecule has 1 aromatic carbocycles. The Morgan fingerprint density at radius 1 is 1.44 bits per heavy atom. The maximum Gasteiger partial charge on any atom is 0.310 e. The van der Waals surface area contributed by atoms with Crippen molar-refractivity contribution in [2.45, 2.75) is 0 Å². The third kappa shape index (κ3) is 2.73. The number of amides is 1. The third-order valence-electron chi connectivity index (χ3n) is 2.86. The van der Waals surface area contributed by atoms with E-state index in [4.69, 9.17) is 16.7 Å². The summed E-state index contributed by atoms with van der Waals surface area (Å²) in [6, 6.07) is 7.09. The van der Waals surface area contributed by atoms with Crippen molar-refractivity contribution in [3.8, 4) is 0 Å². The first-order valence-electron chi connectivity index (χ1n) is 5.57. The van der Waals surface area contributed by atoms with Gasteiger partial charge in [0.2, 0.25) is 5.91 Å². The molecule has 6 heteroatoms. The molecule has 1 saturated heterocycles. The Balaban J connectivity index is 2.27. The second kappa shape index (κ2) is 5.27. The molecule has 0 spiro atoms. The number of carboxylic acids is 1. The molecule has 1 atom stereocenters. The molecule has 2 N–H and O–H groups in total. The molecule has 0 bridgehead atoms. The van der Waals surface area contributed by atoms with Crippen molar-refractivity contribution in [2.24, 2.45) is 5.92 Å². The molecule has 2 rings (SSSR count). The van der Waals surface area contributed by atoms with E-state index in [1.165, 1.54) is 0 Å². The van der Waals surface area contributed by atoms with E-state index < -0.39 is 11.9 Å². The standard InChI is InChI=1S/C12H13ClN2O3/c13-9-3-1-2-4-10(9)15-6-8(12(17)18)5-14-11(16)7-15/h1-4,8H,5-7H2,(H,14,16)(H,17,18). The SMILES string of the molecule is O=C1CN(c2ccccc2Cl)CC(C(=O)O)CN1. The maximum absolute atomic E-state index is 11.6. The monoisotopic (exact) mass is 268 g/mol. The zero-order valence-corrected chi connectivity index (χ0v) is 10.4. The number of nitrogens with zero attached hydrogens (tertiary/aromatic N) is 1. The Labute approximate surface area is 109 Å². The zero-order chi connectivity index (χ0) is 13.1. The highest BCUT2D eigenvalue weighted by atomic mass is 35.5. The number of nitrogens with one attached hydrogen (secondary N) is 1. The summed E-state index contributed by atoms with van der Waals surface area (Å²) in [4.78, 5) is 24.3. The number of halogens is 1. The highest BCUT2D eigenvalue weighted by Crippen LogP contribution is 2.26. The number of para-hydroxylation sites is 1. The summed E-state index contributed by atoms with van der Waals surface area (Å²) in [7, 11) is 0. The van der Waals surface area contributed by atoms with Crippen LogP contribution in [0.1, 0.15) is 0 Å². The summed E-state index contributed by atoms with van der Waals surface area (Å²) in [5.74, 6) is -1.75. The molecule has 0 radical (unpaired) electrons. The van der Waals surface area contributed by atoms with Crippen LogP contribution >= 0.6 is 11.6 Å². The summed E-state index contributed by atoms with van der Waals surface area (Å²) in [6.45, 7) is 0.528. The van der Waals surface area contributed by atoms with Gasteiger partial charge in [0.25, 0.3) is 0 Å². The quantitative estimate of drug-likeness (QED) is 0.839. The number of carbonyl (C=O) groups excluding carboxylic acids is 1. The molecule has 0 saturated carbocycles. The number of carbonyl (C=O) groups is 2. The lowest BCUT2D eigenvalue weighted by atomic mass is 10.1. The second-order valence-electron chi connectivity index (χ2n) is 4.17. The van der Waals surface area contributed by atoms with Gasteiger partial charge in [-0.15, -0.1) is 0 Å². The molecule has 1 fully saturated rings. The van der Waals surface area contributed by atoms with Crippen LogP contribution in [0.2, 0.25) is 5.02 Å². The summed E-state index contributed by atoms with van der Waals surface area (Å²) in [5, 5.41) is 12.2. The van der Waals surface area contributed by atoms with Crippen LogP contribution in [-0.4, -0.2) is 36.6 Å². The van der Waals surface area contributed by atoms with Gasteiger partial charge in [0.05, 0.1) is 23.2 Å². The minimum absolute atomic E-state index is 0.119. The molecule has 96 valence electrons. The van der Waals surface area contributed by atoms with Crippen LogP contribution < -0.4 is 10.2 Å². The molecule has 1 unspecified atom stereocenters. The predicted octanol–water partition coefficient (Wildman–Crippen LogP) is 0.977. The minimum Gasteiger partial charge on any atom is -0.481 e. The van der Waals surface area contributed by atoms with Crippen LogP contribution in [0.25, 0.3) is 0 Å².